The van der Waals surface area contributed by atoms with Crippen LogP contribution in [0.1, 0.15) is 24.5 Å². The third-order valence-corrected chi connectivity index (χ3v) is 4.22. The molecule has 0 aliphatic rings. The van der Waals surface area contributed by atoms with Crippen molar-refractivity contribution in [3.63, 3.8) is 0 Å². The summed E-state index contributed by atoms with van der Waals surface area (Å²) in [7, 11) is 1.55. The molecule has 6 nitrogen and oxygen atoms in total. The summed E-state index contributed by atoms with van der Waals surface area (Å²) in [5.74, 6) is -0.572. The van der Waals surface area contributed by atoms with Crippen LogP contribution in [0.3, 0.4) is 0 Å². The van der Waals surface area contributed by atoms with Crippen LogP contribution in [0.4, 0.5) is 0 Å². The molecule has 2 aromatic carbocycles. The average Bonchev–Trinajstić information content (AvgIpc) is 2.75. The number of aryl methyl sites for hydroxylation is 1. The molecule has 0 radical (unpaired) electrons. The van der Waals surface area contributed by atoms with Gasteiger partial charge in [0, 0.05) is 6.04 Å². The summed E-state index contributed by atoms with van der Waals surface area (Å²) in [6.07, 6.45) is 3.01. The minimum absolute atomic E-state index is 0.0633. The molecule has 0 aromatic heterocycles. The number of rotatable bonds is 9. The molecule has 1 unspecified atom stereocenters. The van der Waals surface area contributed by atoms with Crippen LogP contribution in [0, 0.1) is 11.3 Å². The molecule has 1 atom stereocenters. The quantitative estimate of drug-likeness (QED) is 0.402. The molecular formula is C23H24N2O4. The molecule has 0 fully saturated rings. The monoisotopic (exact) mass is 392 g/mol. The van der Waals surface area contributed by atoms with Gasteiger partial charge in [0.2, 0.25) is 0 Å². The first-order valence-corrected chi connectivity index (χ1v) is 9.28. The van der Waals surface area contributed by atoms with E-state index in [2.05, 4.69) is 5.32 Å². The van der Waals surface area contributed by atoms with E-state index in [1.165, 1.54) is 11.6 Å². The second kappa shape index (κ2) is 11.3. The Morgan fingerprint density at radius 1 is 1.14 bits per heavy atom. The molecule has 0 heterocycles. The van der Waals surface area contributed by atoms with Gasteiger partial charge in [0.15, 0.2) is 6.61 Å². The maximum absolute atomic E-state index is 12.1. The van der Waals surface area contributed by atoms with E-state index < -0.39 is 18.5 Å². The van der Waals surface area contributed by atoms with Gasteiger partial charge in [-0.15, -0.1) is 0 Å². The Balaban J connectivity index is 1.80. The summed E-state index contributed by atoms with van der Waals surface area (Å²) in [6.45, 7) is 1.46. The van der Waals surface area contributed by atoms with E-state index in [-0.39, 0.29) is 11.6 Å². The van der Waals surface area contributed by atoms with Crippen LogP contribution >= 0.6 is 0 Å². The smallest absolute Gasteiger partial charge is 0.349 e. The van der Waals surface area contributed by atoms with Gasteiger partial charge in [-0.25, -0.2) is 4.79 Å². The number of benzene rings is 2. The molecule has 0 saturated carbocycles. The lowest BCUT2D eigenvalue weighted by atomic mass is 10.1. The van der Waals surface area contributed by atoms with Crippen molar-refractivity contribution < 1.29 is 19.1 Å². The molecule has 0 aliphatic heterocycles. The first-order chi connectivity index (χ1) is 14.0. The molecule has 2 rings (SSSR count). The van der Waals surface area contributed by atoms with Crippen molar-refractivity contribution >= 4 is 18.0 Å². The molecule has 150 valence electrons. The minimum Gasteiger partial charge on any atom is -0.497 e. The Labute approximate surface area is 170 Å². The summed E-state index contributed by atoms with van der Waals surface area (Å²) in [5, 5.41) is 12.0. The van der Waals surface area contributed by atoms with E-state index in [0.29, 0.717) is 11.3 Å². The third kappa shape index (κ3) is 7.51. The zero-order chi connectivity index (χ0) is 21.1. The van der Waals surface area contributed by atoms with Crippen LogP contribution in [-0.4, -0.2) is 31.6 Å². The van der Waals surface area contributed by atoms with E-state index >= 15 is 0 Å². The minimum atomic E-state index is -0.838. The Kier molecular flexibility index (Phi) is 8.46. The predicted octanol–water partition coefficient (Wildman–Crippen LogP) is 3.28. The van der Waals surface area contributed by atoms with Gasteiger partial charge in [0.1, 0.15) is 17.4 Å². The number of hydrogen-bond donors (Lipinski definition) is 1. The molecular weight excluding hydrogens is 368 g/mol. The number of amides is 1. The summed E-state index contributed by atoms with van der Waals surface area (Å²) < 4.78 is 10.0. The van der Waals surface area contributed by atoms with Crippen molar-refractivity contribution in [2.75, 3.05) is 13.7 Å². The van der Waals surface area contributed by atoms with Gasteiger partial charge in [0.25, 0.3) is 5.91 Å². The van der Waals surface area contributed by atoms with Gasteiger partial charge in [-0.3, -0.25) is 4.79 Å². The zero-order valence-electron chi connectivity index (χ0n) is 16.6. The van der Waals surface area contributed by atoms with Crippen molar-refractivity contribution in [1.29, 1.82) is 5.26 Å². The van der Waals surface area contributed by atoms with Crippen LogP contribution in [0.25, 0.3) is 6.08 Å². The number of carbonyl (C=O) groups excluding carboxylic acids is 2. The lowest BCUT2D eigenvalue weighted by molar-refractivity contribution is -0.144. The van der Waals surface area contributed by atoms with Crippen molar-refractivity contribution in [2.45, 2.75) is 25.8 Å². The molecule has 0 saturated heterocycles. The molecule has 0 spiro atoms. The third-order valence-electron chi connectivity index (χ3n) is 4.22. The highest BCUT2D eigenvalue weighted by Gasteiger charge is 2.14. The van der Waals surface area contributed by atoms with Crippen molar-refractivity contribution in [3.05, 3.63) is 71.3 Å². The number of nitrogens with one attached hydrogen (secondary N) is 1. The SMILES string of the molecule is COc1ccc(C=C(C#N)C(=O)OCC(=O)NC(C)CCc2ccccc2)cc1. The predicted molar refractivity (Wildman–Crippen MR) is 110 cm³/mol. The molecule has 29 heavy (non-hydrogen) atoms. The second-order valence-corrected chi connectivity index (χ2v) is 6.51. The Hall–Kier alpha value is -3.59. The van der Waals surface area contributed by atoms with E-state index in [0.717, 1.165) is 12.8 Å². The molecule has 1 N–H and O–H groups in total. The first kappa shape index (κ1) is 21.7. The normalized spacial score (nSPS) is 11.8. The number of nitrogens with zero attached hydrogens (tertiary/aromatic N) is 1. The first-order valence-electron chi connectivity index (χ1n) is 9.28. The fraction of sp³-hybridized carbons (Fsp3) is 0.261. The molecule has 6 heteroatoms. The summed E-state index contributed by atoms with van der Waals surface area (Å²) in [4.78, 5) is 24.1. The van der Waals surface area contributed by atoms with Crippen LogP contribution in [0.15, 0.2) is 60.2 Å². The van der Waals surface area contributed by atoms with Gasteiger partial charge in [-0.05, 0) is 49.1 Å². The second-order valence-electron chi connectivity index (χ2n) is 6.51. The largest absolute Gasteiger partial charge is 0.497 e. The number of ether oxygens (including phenoxy) is 2. The van der Waals surface area contributed by atoms with Crippen molar-refractivity contribution in [2.24, 2.45) is 0 Å². The average molecular weight is 392 g/mol. The maximum atomic E-state index is 12.1. The van der Waals surface area contributed by atoms with Crippen LogP contribution in [0.5, 0.6) is 5.75 Å². The number of methoxy groups -OCH3 is 1. The molecule has 1 amide bonds. The van der Waals surface area contributed by atoms with Gasteiger partial charge in [0.05, 0.1) is 7.11 Å². The van der Waals surface area contributed by atoms with Gasteiger partial charge in [-0.2, -0.15) is 5.26 Å². The lowest BCUT2D eigenvalue weighted by Gasteiger charge is -2.14. The van der Waals surface area contributed by atoms with E-state index in [1.807, 2.05) is 37.3 Å². The molecule has 0 aliphatic carbocycles. The van der Waals surface area contributed by atoms with Crippen LogP contribution in [-0.2, 0) is 20.7 Å². The van der Waals surface area contributed by atoms with Gasteiger partial charge >= 0.3 is 5.97 Å². The van der Waals surface area contributed by atoms with Crippen molar-refractivity contribution in [1.82, 2.24) is 5.32 Å². The summed E-state index contributed by atoms with van der Waals surface area (Å²) >= 11 is 0. The highest BCUT2D eigenvalue weighted by atomic mass is 16.5. The van der Waals surface area contributed by atoms with Gasteiger partial charge < -0.3 is 14.8 Å². The van der Waals surface area contributed by atoms with Crippen molar-refractivity contribution in [3.8, 4) is 11.8 Å². The maximum Gasteiger partial charge on any atom is 0.349 e. The van der Waals surface area contributed by atoms with Crippen LogP contribution in [0.2, 0.25) is 0 Å². The Bertz CT molecular complexity index is 883. The fourth-order valence-corrected chi connectivity index (χ4v) is 2.63. The number of nitriles is 1. The lowest BCUT2D eigenvalue weighted by Crippen LogP contribution is -2.36. The van der Waals surface area contributed by atoms with Crippen LogP contribution < -0.4 is 10.1 Å². The topological polar surface area (TPSA) is 88.4 Å². The fourth-order valence-electron chi connectivity index (χ4n) is 2.63. The zero-order valence-corrected chi connectivity index (χ0v) is 16.6. The Morgan fingerprint density at radius 3 is 2.45 bits per heavy atom. The number of hydrogen-bond acceptors (Lipinski definition) is 5. The number of esters is 1. The molecule has 0 bridgehead atoms. The highest BCUT2D eigenvalue weighted by Crippen LogP contribution is 2.14. The summed E-state index contributed by atoms with van der Waals surface area (Å²) in [5.41, 5.74) is 1.67. The highest BCUT2D eigenvalue weighted by molar-refractivity contribution is 5.98. The molecule has 2 aromatic rings. The van der Waals surface area contributed by atoms with E-state index in [1.54, 1.807) is 37.4 Å². The summed E-state index contributed by atoms with van der Waals surface area (Å²) in [6, 6.07) is 18.6. The Morgan fingerprint density at radius 2 is 1.83 bits per heavy atom. The van der Waals surface area contributed by atoms with E-state index in [4.69, 9.17) is 9.47 Å². The van der Waals surface area contributed by atoms with Gasteiger partial charge in [-0.1, -0.05) is 42.5 Å². The van der Waals surface area contributed by atoms with E-state index in [9.17, 15) is 14.9 Å². The standard InChI is InChI=1S/C23H24N2O4/c1-17(8-9-18-6-4-3-5-7-18)25-22(26)16-29-23(27)20(15-24)14-19-10-12-21(28-2)13-11-19/h3-7,10-14,17H,8-9,16H2,1-2H3,(H,25,26). The number of carbonyl (C=O) groups is 2.